The Morgan fingerprint density at radius 2 is 2.00 bits per heavy atom. The Morgan fingerprint density at radius 3 is 2.44 bits per heavy atom. The maximum atomic E-state index is 12.1. The molecule has 0 saturated heterocycles. The van der Waals surface area contributed by atoms with Crippen LogP contribution in [0.2, 0.25) is 0 Å². The average molecular weight is 291 g/mol. The van der Waals surface area contributed by atoms with Crippen LogP contribution in [0.15, 0.2) is 10.7 Å². The number of halogens is 1. The molecule has 16 heavy (non-hydrogen) atoms. The van der Waals surface area contributed by atoms with Gasteiger partial charge in [-0.2, -0.15) is 5.10 Å². The van der Waals surface area contributed by atoms with Crippen molar-refractivity contribution >= 4 is 21.7 Å². The Hall–Kier alpha value is -0.720. The van der Waals surface area contributed by atoms with Crippen LogP contribution in [0, 0.1) is 0 Å². The number of nitrogens with zero attached hydrogens (tertiary/aromatic N) is 2. The van der Waals surface area contributed by atoms with Crippen molar-refractivity contribution in [2.24, 2.45) is 0 Å². The number of ketones is 1. The Balaban J connectivity index is 3.11. The van der Waals surface area contributed by atoms with E-state index >= 15 is 0 Å². The highest BCUT2D eigenvalue weighted by molar-refractivity contribution is 9.10. The molecule has 5 nitrogen and oxygen atoms in total. The molecule has 1 aromatic heterocycles. The highest BCUT2D eigenvalue weighted by atomic mass is 79.9. The Labute approximate surface area is 103 Å². The number of carbonyl (C=O) groups is 1. The van der Waals surface area contributed by atoms with Crippen molar-refractivity contribution in [2.75, 3.05) is 14.2 Å². The summed E-state index contributed by atoms with van der Waals surface area (Å²) in [5.74, 6) is -0.247. The molecule has 1 rings (SSSR count). The fourth-order valence-electron chi connectivity index (χ4n) is 1.39. The lowest BCUT2D eigenvalue weighted by Crippen LogP contribution is -2.28. The number of rotatable bonds is 5. The molecule has 1 heterocycles. The summed E-state index contributed by atoms with van der Waals surface area (Å²) in [6, 6.07) is 0.0969. The Kier molecular flexibility index (Phi) is 4.64. The largest absolute Gasteiger partial charge is 0.349 e. The summed E-state index contributed by atoms with van der Waals surface area (Å²) in [6.07, 6.45) is 0.695. The molecule has 0 bridgehead atoms. The average Bonchev–Trinajstić information content (AvgIpc) is 2.61. The van der Waals surface area contributed by atoms with Gasteiger partial charge in [0, 0.05) is 20.3 Å². The summed E-state index contributed by atoms with van der Waals surface area (Å²) < 4.78 is 12.2. The van der Waals surface area contributed by atoms with Crippen LogP contribution in [0.4, 0.5) is 0 Å². The molecular weight excluding hydrogens is 276 g/mol. The van der Waals surface area contributed by atoms with E-state index in [9.17, 15) is 4.79 Å². The number of hydrogen-bond donors (Lipinski definition) is 0. The topological polar surface area (TPSA) is 53.4 Å². The monoisotopic (exact) mass is 290 g/mol. The smallest absolute Gasteiger partial charge is 0.237 e. The molecule has 6 heteroatoms. The molecule has 0 aliphatic rings. The maximum Gasteiger partial charge on any atom is 0.237 e. The van der Waals surface area contributed by atoms with E-state index in [4.69, 9.17) is 9.47 Å². The summed E-state index contributed by atoms with van der Waals surface area (Å²) in [5, 5.41) is 4.13. The van der Waals surface area contributed by atoms with Crippen LogP contribution >= 0.6 is 15.9 Å². The summed E-state index contributed by atoms with van der Waals surface area (Å²) in [6.45, 7) is 3.90. The van der Waals surface area contributed by atoms with Crippen LogP contribution in [0.1, 0.15) is 30.4 Å². The molecular formula is C10H15BrN2O3. The highest BCUT2D eigenvalue weighted by Crippen LogP contribution is 2.21. The van der Waals surface area contributed by atoms with Crippen molar-refractivity contribution in [1.82, 2.24) is 9.78 Å². The number of hydrogen-bond acceptors (Lipinski definition) is 4. The molecule has 0 radical (unpaired) electrons. The Morgan fingerprint density at radius 1 is 1.44 bits per heavy atom. The molecule has 0 saturated carbocycles. The lowest BCUT2D eigenvalue weighted by Gasteiger charge is -2.15. The van der Waals surface area contributed by atoms with E-state index in [-0.39, 0.29) is 11.8 Å². The van der Waals surface area contributed by atoms with Gasteiger partial charge in [-0.05, 0) is 29.8 Å². The second-order valence-corrected chi connectivity index (χ2v) is 4.40. The molecule has 0 aliphatic carbocycles. The quantitative estimate of drug-likeness (QED) is 0.615. The van der Waals surface area contributed by atoms with Crippen LogP contribution in [0.25, 0.3) is 0 Å². The van der Waals surface area contributed by atoms with E-state index in [1.165, 1.54) is 14.2 Å². The van der Waals surface area contributed by atoms with Gasteiger partial charge in [-0.25, -0.2) is 0 Å². The first-order chi connectivity index (χ1) is 7.52. The minimum absolute atomic E-state index is 0.0969. The van der Waals surface area contributed by atoms with Gasteiger partial charge in [0.2, 0.25) is 12.1 Å². The van der Waals surface area contributed by atoms with Gasteiger partial charge in [0.25, 0.3) is 0 Å². The van der Waals surface area contributed by atoms with Gasteiger partial charge in [-0.15, -0.1) is 0 Å². The normalized spacial score (nSPS) is 11.4. The van der Waals surface area contributed by atoms with Crippen LogP contribution in [0.5, 0.6) is 0 Å². The zero-order valence-electron chi connectivity index (χ0n) is 9.73. The van der Waals surface area contributed by atoms with Gasteiger partial charge in [0.15, 0.2) is 0 Å². The third kappa shape index (κ3) is 2.50. The van der Waals surface area contributed by atoms with Gasteiger partial charge >= 0.3 is 0 Å². The second kappa shape index (κ2) is 5.56. The van der Waals surface area contributed by atoms with Crippen molar-refractivity contribution in [1.29, 1.82) is 0 Å². The summed E-state index contributed by atoms with van der Waals surface area (Å²) >= 11 is 3.30. The third-order valence-electron chi connectivity index (χ3n) is 2.12. The van der Waals surface area contributed by atoms with Gasteiger partial charge < -0.3 is 9.47 Å². The Bertz CT molecular complexity index is 372. The lowest BCUT2D eigenvalue weighted by atomic mass is 10.2. The van der Waals surface area contributed by atoms with Crippen molar-refractivity contribution in [3.8, 4) is 0 Å². The fraction of sp³-hybridized carbons (Fsp3) is 0.600. The van der Waals surface area contributed by atoms with Gasteiger partial charge in [-0.3, -0.25) is 9.48 Å². The summed E-state index contributed by atoms with van der Waals surface area (Å²) in [7, 11) is 2.85. The van der Waals surface area contributed by atoms with Gasteiger partial charge in [-0.1, -0.05) is 0 Å². The minimum atomic E-state index is -0.898. The first-order valence-corrected chi connectivity index (χ1v) is 5.65. The predicted octanol–water partition coefficient (Wildman–Crippen LogP) is 2.03. The molecule has 0 N–H and O–H groups in total. The molecule has 0 spiro atoms. The van der Waals surface area contributed by atoms with E-state index in [0.29, 0.717) is 10.2 Å². The molecule has 0 fully saturated rings. The number of ether oxygens (including phenoxy) is 2. The second-order valence-electron chi connectivity index (χ2n) is 3.55. The van der Waals surface area contributed by atoms with Crippen LogP contribution in [0.3, 0.4) is 0 Å². The van der Waals surface area contributed by atoms with Crippen molar-refractivity contribution in [3.05, 3.63) is 16.4 Å². The van der Waals surface area contributed by atoms with E-state index in [1.807, 2.05) is 13.8 Å². The molecule has 90 valence electrons. The summed E-state index contributed by atoms with van der Waals surface area (Å²) in [5.41, 5.74) is 0.462. The van der Waals surface area contributed by atoms with Crippen LogP contribution in [-0.2, 0) is 9.47 Å². The van der Waals surface area contributed by atoms with E-state index < -0.39 is 6.29 Å². The molecule has 0 aromatic carbocycles. The van der Waals surface area contributed by atoms with Gasteiger partial charge in [0.05, 0.1) is 10.7 Å². The van der Waals surface area contributed by atoms with Crippen molar-refractivity contribution in [2.45, 2.75) is 26.2 Å². The zero-order valence-corrected chi connectivity index (χ0v) is 11.3. The SMILES string of the molecule is COC(OC)C(=O)c1c(Br)cnn1C(C)C. The maximum absolute atomic E-state index is 12.1. The molecule has 0 amide bonds. The first-order valence-electron chi connectivity index (χ1n) is 4.85. The highest BCUT2D eigenvalue weighted by Gasteiger charge is 2.26. The molecule has 0 unspecified atom stereocenters. The standard InChI is InChI=1S/C10H15BrN2O3/c1-6(2)13-8(7(11)5-12-13)9(14)10(15-3)16-4/h5-6,10H,1-4H3. The van der Waals surface area contributed by atoms with Crippen molar-refractivity contribution in [3.63, 3.8) is 0 Å². The fourth-order valence-corrected chi connectivity index (χ4v) is 1.85. The number of carbonyl (C=O) groups excluding carboxylic acids is 1. The minimum Gasteiger partial charge on any atom is -0.349 e. The zero-order chi connectivity index (χ0) is 12.3. The third-order valence-corrected chi connectivity index (χ3v) is 2.70. The van der Waals surface area contributed by atoms with E-state index in [0.717, 1.165) is 0 Å². The molecule has 0 atom stereocenters. The summed E-state index contributed by atoms with van der Waals surface area (Å²) in [4.78, 5) is 12.1. The van der Waals surface area contributed by atoms with E-state index in [1.54, 1.807) is 10.9 Å². The molecule has 0 aliphatic heterocycles. The number of methoxy groups -OCH3 is 2. The van der Waals surface area contributed by atoms with E-state index in [2.05, 4.69) is 21.0 Å². The predicted molar refractivity (Wildman–Crippen MR) is 62.4 cm³/mol. The van der Waals surface area contributed by atoms with Crippen LogP contribution < -0.4 is 0 Å². The van der Waals surface area contributed by atoms with Crippen molar-refractivity contribution < 1.29 is 14.3 Å². The van der Waals surface area contributed by atoms with Gasteiger partial charge in [0.1, 0.15) is 5.69 Å². The number of aromatic nitrogens is 2. The molecule has 1 aromatic rings. The van der Waals surface area contributed by atoms with Crippen LogP contribution in [-0.4, -0.2) is 36.1 Å². The first kappa shape index (κ1) is 13.3. The number of Topliss-reactive ketones (excluding diaryl/α,β-unsaturated/α-hetero) is 1. The lowest BCUT2D eigenvalue weighted by molar-refractivity contribution is -0.0747.